The molecule has 0 spiro atoms. The number of fused-ring (bicyclic) bond motifs is 10. The van der Waals surface area contributed by atoms with Gasteiger partial charge in [0.2, 0.25) is 0 Å². The molecule has 130 valence electrons. The Morgan fingerprint density at radius 2 is 1.83 bits per heavy atom. The van der Waals surface area contributed by atoms with Gasteiger partial charge >= 0.3 is 146 Å². The molecule has 6 fully saturated rings. The van der Waals surface area contributed by atoms with Gasteiger partial charge in [-0.2, -0.15) is 0 Å². The molecule has 0 saturated heterocycles. The molecule has 3 unspecified atom stereocenters. The predicted molar refractivity (Wildman–Crippen MR) is 96.1 cm³/mol. The zero-order valence-electron chi connectivity index (χ0n) is 15.2. The topological polar surface area (TPSA) is 40.5 Å². The molecule has 0 aromatic carbocycles. The van der Waals surface area contributed by atoms with E-state index in [9.17, 15) is 10.2 Å². The van der Waals surface area contributed by atoms with Crippen molar-refractivity contribution in [3.8, 4) is 0 Å². The molecule has 0 amide bonds. The number of hydrogen-bond donors (Lipinski definition) is 2. The summed E-state index contributed by atoms with van der Waals surface area (Å²) < 4.78 is 0. The molecule has 2 N–H and O–H groups in total. The second-order valence-corrected chi connectivity index (χ2v) is 10.9. The zero-order valence-corrected chi connectivity index (χ0v) is 15.2. The Hall–Kier alpha value is -0.145. The van der Waals surface area contributed by atoms with E-state index in [1.54, 1.807) is 5.46 Å². The number of aliphatic hydroxyl groups is 2. The van der Waals surface area contributed by atoms with Crippen molar-refractivity contribution in [2.75, 3.05) is 0 Å². The molecule has 24 heavy (non-hydrogen) atoms. The fourth-order valence-corrected chi connectivity index (χ4v) is 9.01. The fraction of sp³-hybridized carbons (Fsp3) is 0.952. The van der Waals surface area contributed by atoms with Crippen LogP contribution in [0, 0.1) is 52.3 Å². The van der Waals surface area contributed by atoms with Crippen LogP contribution in [0.15, 0.2) is 0 Å². The summed E-state index contributed by atoms with van der Waals surface area (Å²) in [7, 11) is 4.55. The van der Waals surface area contributed by atoms with Crippen molar-refractivity contribution in [3.63, 3.8) is 0 Å². The van der Waals surface area contributed by atoms with Gasteiger partial charge in [-0.05, 0) is 0 Å². The Labute approximate surface area is 146 Å². The summed E-state index contributed by atoms with van der Waals surface area (Å²) in [5, 5.41) is 22.0. The van der Waals surface area contributed by atoms with Crippen LogP contribution in [0.4, 0.5) is 0 Å². The fourth-order valence-electron chi connectivity index (χ4n) is 9.01. The van der Waals surface area contributed by atoms with Gasteiger partial charge in [-0.1, -0.05) is 0 Å². The first-order valence-corrected chi connectivity index (χ1v) is 10.4. The van der Waals surface area contributed by atoms with Crippen molar-refractivity contribution in [2.45, 2.75) is 70.5 Å². The third-order valence-electron chi connectivity index (χ3n) is 10.4. The van der Waals surface area contributed by atoms with Crippen molar-refractivity contribution in [1.29, 1.82) is 0 Å². The van der Waals surface area contributed by atoms with Crippen molar-refractivity contribution in [1.82, 2.24) is 0 Å². The van der Waals surface area contributed by atoms with Crippen LogP contribution < -0.4 is 0 Å². The van der Waals surface area contributed by atoms with Crippen LogP contribution in [0.1, 0.15) is 58.8 Å². The Kier molecular flexibility index (Phi) is 2.53. The molecule has 3 heteroatoms. The monoisotopic (exact) mass is 326 g/mol. The number of aliphatic hydroxyl groups excluding tert-OH is 1. The first-order chi connectivity index (χ1) is 11.3. The molecule has 0 aliphatic heterocycles. The maximum absolute atomic E-state index is 11.7. The summed E-state index contributed by atoms with van der Waals surface area (Å²) in [5.74, 6) is 5.28. The van der Waals surface area contributed by atoms with Gasteiger partial charge < -0.3 is 0 Å². The van der Waals surface area contributed by atoms with E-state index in [1.165, 1.54) is 25.7 Å². The third-order valence-corrected chi connectivity index (χ3v) is 10.4. The summed E-state index contributed by atoms with van der Waals surface area (Å²) in [6.07, 6.45) is 7.44. The van der Waals surface area contributed by atoms with Crippen LogP contribution in [-0.2, 0) is 0 Å². The summed E-state index contributed by atoms with van der Waals surface area (Å²) >= 11 is 0. The van der Waals surface area contributed by atoms with Crippen LogP contribution in [0.3, 0.4) is 0 Å². The molecule has 6 rings (SSSR count). The maximum atomic E-state index is 11.7. The molecule has 2 nitrogen and oxygen atoms in total. The molecule has 0 bridgehead atoms. The van der Waals surface area contributed by atoms with E-state index in [2.05, 4.69) is 21.3 Å². The molecule has 0 aromatic rings. The first kappa shape index (κ1) is 15.0. The van der Waals surface area contributed by atoms with E-state index < -0.39 is 5.60 Å². The molecule has 0 radical (unpaired) electrons. The van der Waals surface area contributed by atoms with Gasteiger partial charge in [-0.15, -0.1) is 0 Å². The van der Waals surface area contributed by atoms with Crippen LogP contribution in [-0.4, -0.2) is 34.9 Å². The van der Waals surface area contributed by atoms with Crippen LogP contribution in [0.25, 0.3) is 0 Å². The van der Waals surface area contributed by atoms with E-state index in [4.69, 9.17) is 0 Å². The Morgan fingerprint density at radius 3 is 2.62 bits per heavy atom. The molecular weight excluding hydrogens is 295 g/mol. The van der Waals surface area contributed by atoms with Crippen molar-refractivity contribution >= 4 is 13.0 Å². The van der Waals surface area contributed by atoms with Gasteiger partial charge in [-0.25, -0.2) is 0 Å². The molecule has 0 heterocycles. The summed E-state index contributed by atoms with van der Waals surface area (Å²) in [6.45, 7) is 4.91. The zero-order chi connectivity index (χ0) is 16.6. The van der Waals surface area contributed by atoms with Crippen molar-refractivity contribution in [2.24, 2.45) is 52.3 Å². The minimum absolute atomic E-state index is 0.0319. The predicted octanol–water partition coefficient (Wildman–Crippen LogP) is 2.29. The van der Waals surface area contributed by atoms with E-state index >= 15 is 0 Å². The normalized spacial score (nSPS) is 69.0. The standard InChI is InChI=1S/C21H31BO2/c1-19-5-4-14-16(17(19)11-7-12(11)18(19)22)13-8-15(13)21(24)9-10(23)3-6-20(14,21)2/h10-17,22-24H,3-9H2,1-2H3/t10-,11+,12-,13-,14?,15+,16?,17?,19-,20+,21+/m0/s1. The van der Waals surface area contributed by atoms with Crippen molar-refractivity contribution in [3.05, 3.63) is 0 Å². The summed E-state index contributed by atoms with van der Waals surface area (Å²) in [6, 6.07) is 0. The summed E-state index contributed by atoms with van der Waals surface area (Å²) in [5.41, 5.74) is 1.41. The Balaban J connectivity index is 1.45. The molecular formula is C21H31BO2. The van der Waals surface area contributed by atoms with Gasteiger partial charge in [0, 0.05) is 0 Å². The van der Waals surface area contributed by atoms with Gasteiger partial charge in [0.1, 0.15) is 0 Å². The average Bonchev–Trinajstić information content (AvgIpc) is 3.41. The second-order valence-electron chi connectivity index (χ2n) is 10.9. The van der Waals surface area contributed by atoms with Gasteiger partial charge in [0.15, 0.2) is 0 Å². The van der Waals surface area contributed by atoms with E-state index in [-0.39, 0.29) is 11.5 Å². The SMILES string of the molecule is B=C1[C@H]2C[C@H]2C2C3C(CC[C@]12C)[C@@]1(C)CC[C@H](O)C[C@@]1(O)[C@@H]1C[C@H]31. The van der Waals surface area contributed by atoms with Gasteiger partial charge in [-0.3, -0.25) is 0 Å². The van der Waals surface area contributed by atoms with Crippen molar-refractivity contribution < 1.29 is 10.2 Å². The van der Waals surface area contributed by atoms with Crippen LogP contribution >= 0.6 is 0 Å². The van der Waals surface area contributed by atoms with Gasteiger partial charge in [0.25, 0.3) is 0 Å². The summed E-state index contributed by atoms with van der Waals surface area (Å²) in [4.78, 5) is 0. The van der Waals surface area contributed by atoms with E-state index in [1.807, 2.05) is 0 Å². The molecule has 6 aliphatic carbocycles. The van der Waals surface area contributed by atoms with Gasteiger partial charge in [0.05, 0.1) is 0 Å². The van der Waals surface area contributed by atoms with Crippen LogP contribution in [0.5, 0.6) is 0 Å². The molecule has 11 atom stereocenters. The van der Waals surface area contributed by atoms with E-state index in [0.717, 1.165) is 42.4 Å². The Morgan fingerprint density at radius 1 is 1.04 bits per heavy atom. The van der Waals surface area contributed by atoms with Crippen LogP contribution in [0.2, 0.25) is 0 Å². The first-order valence-electron chi connectivity index (χ1n) is 10.4. The quantitative estimate of drug-likeness (QED) is 0.671. The average molecular weight is 326 g/mol. The second kappa shape index (κ2) is 4.06. The molecule has 0 aromatic heterocycles. The Bertz CT molecular complexity index is 648. The van der Waals surface area contributed by atoms with E-state index in [0.29, 0.717) is 23.7 Å². The molecule has 6 saturated carbocycles. The number of hydrogen-bond acceptors (Lipinski definition) is 2. The third kappa shape index (κ3) is 1.42. The number of rotatable bonds is 0. The minimum atomic E-state index is -0.594. The molecule has 6 aliphatic rings.